The molecule has 0 saturated carbocycles. The van der Waals surface area contributed by atoms with E-state index in [1.165, 1.54) is 11.1 Å². The Morgan fingerprint density at radius 3 is 2.48 bits per heavy atom. The van der Waals surface area contributed by atoms with Crippen molar-refractivity contribution in [3.8, 4) is 0 Å². The molecular formula is C27H36ClNO4. The maximum Gasteiger partial charge on any atom is 0.303 e. The number of carboxylic acids is 1. The lowest BCUT2D eigenvalue weighted by Crippen LogP contribution is -2.45. The summed E-state index contributed by atoms with van der Waals surface area (Å²) in [4.78, 5) is 11.0. The second kappa shape index (κ2) is 11.5. The summed E-state index contributed by atoms with van der Waals surface area (Å²) in [6, 6.07) is 14.2. The number of nitrogens with one attached hydrogen (secondary N) is 1. The zero-order chi connectivity index (χ0) is 24.0. The van der Waals surface area contributed by atoms with Gasteiger partial charge in [-0.25, -0.2) is 0 Å². The average Bonchev–Trinajstić information content (AvgIpc) is 3.16. The molecule has 3 rings (SSSR count). The maximum atomic E-state index is 11.0. The standard InChI is InChI=1S/C27H36ClNO4/c1-18(26-20(11-12-25(31)32)9-6-10-24(26)28)33-17-23(30)16-29-27(2,3)15-19-13-21-7-4-5-8-22(21)14-19/h4-10,18-19,23,29-30H,11-17H2,1-3H3,(H,31,32)/t18?,23-/m1/s1. The van der Waals surface area contributed by atoms with Gasteiger partial charge < -0.3 is 20.3 Å². The zero-order valence-electron chi connectivity index (χ0n) is 19.8. The number of β-amino-alcohol motifs (C(OH)–C–C–N with tert-alkyl or cyclic N) is 1. The van der Waals surface area contributed by atoms with Crippen molar-refractivity contribution in [2.45, 2.75) is 70.6 Å². The fourth-order valence-corrected chi connectivity index (χ4v) is 5.22. The number of aliphatic hydroxyl groups is 1. The molecule has 3 N–H and O–H groups in total. The predicted octanol–water partition coefficient (Wildman–Crippen LogP) is 4.97. The highest BCUT2D eigenvalue weighted by atomic mass is 35.5. The van der Waals surface area contributed by atoms with E-state index in [2.05, 4.69) is 43.4 Å². The molecule has 1 aliphatic rings. The van der Waals surface area contributed by atoms with Crippen LogP contribution in [0.2, 0.25) is 5.02 Å². The van der Waals surface area contributed by atoms with Gasteiger partial charge in [0.15, 0.2) is 0 Å². The lowest BCUT2D eigenvalue weighted by Gasteiger charge is -2.31. The first kappa shape index (κ1) is 25.7. The van der Waals surface area contributed by atoms with Crippen LogP contribution < -0.4 is 5.32 Å². The minimum Gasteiger partial charge on any atom is -0.481 e. The van der Waals surface area contributed by atoms with Gasteiger partial charge in [0.05, 0.1) is 18.8 Å². The van der Waals surface area contributed by atoms with E-state index in [4.69, 9.17) is 21.4 Å². The summed E-state index contributed by atoms with van der Waals surface area (Å²) in [5.74, 6) is -0.233. The Balaban J connectivity index is 1.46. The molecule has 1 aliphatic carbocycles. The van der Waals surface area contributed by atoms with E-state index in [9.17, 15) is 9.90 Å². The number of aliphatic carboxylic acids is 1. The molecule has 5 nitrogen and oxygen atoms in total. The van der Waals surface area contributed by atoms with Gasteiger partial charge in [0.25, 0.3) is 0 Å². The molecule has 1 unspecified atom stereocenters. The number of fused-ring (bicyclic) bond motifs is 1. The van der Waals surface area contributed by atoms with Gasteiger partial charge in [0.1, 0.15) is 0 Å². The van der Waals surface area contributed by atoms with Crippen molar-refractivity contribution in [2.75, 3.05) is 13.2 Å². The molecule has 0 amide bonds. The molecular weight excluding hydrogens is 438 g/mol. The number of ether oxygens (including phenoxy) is 1. The Morgan fingerprint density at radius 2 is 1.85 bits per heavy atom. The van der Waals surface area contributed by atoms with Crippen LogP contribution in [0, 0.1) is 5.92 Å². The van der Waals surface area contributed by atoms with Gasteiger partial charge in [-0.1, -0.05) is 48.0 Å². The number of rotatable bonds is 12. The van der Waals surface area contributed by atoms with Gasteiger partial charge in [0.2, 0.25) is 0 Å². The molecule has 0 radical (unpaired) electrons. The highest BCUT2D eigenvalue weighted by Gasteiger charge is 2.28. The summed E-state index contributed by atoms with van der Waals surface area (Å²) in [6.07, 6.45) is 2.70. The quantitative estimate of drug-likeness (QED) is 0.405. The van der Waals surface area contributed by atoms with E-state index in [1.807, 2.05) is 19.1 Å². The molecule has 180 valence electrons. The van der Waals surface area contributed by atoms with E-state index in [0.29, 0.717) is 23.9 Å². The predicted molar refractivity (Wildman–Crippen MR) is 132 cm³/mol. The molecule has 0 bridgehead atoms. The summed E-state index contributed by atoms with van der Waals surface area (Å²) in [6.45, 7) is 6.86. The van der Waals surface area contributed by atoms with E-state index < -0.39 is 12.1 Å². The number of benzene rings is 2. The Morgan fingerprint density at radius 1 is 1.18 bits per heavy atom. The van der Waals surface area contributed by atoms with Gasteiger partial charge in [-0.05, 0) is 75.1 Å². The lowest BCUT2D eigenvalue weighted by molar-refractivity contribution is -0.136. The fraction of sp³-hybridized carbons (Fsp3) is 0.519. The van der Waals surface area contributed by atoms with E-state index in [1.54, 1.807) is 6.07 Å². The first-order valence-corrected chi connectivity index (χ1v) is 12.1. The largest absolute Gasteiger partial charge is 0.481 e. The monoisotopic (exact) mass is 473 g/mol. The van der Waals surface area contributed by atoms with Gasteiger partial charge >= 0.3 is 5.97 Å². The number of carboxylic acid groups (broad SMARTS) is 1. The summed E-state index contributed by atoms with van der Waals surface area (Å²) in [5.41, 5.74) is 4.49. The number of aliphatic hydroxyl groups excluding tert-OH is 1. The second-order valence-electron chi connectivity index (χ2n) is 9.85. The van der Waals surface area contributed by atoms with Crippen molar-refractivity contribution in [3.05, 3.63) is 69.7 Å². The van der Waals surface area contributed by atoms with Gasteiger partial charge in [0, 0.05) is 29.1 Å². The third-order valence-electron chi connectivity index (χ3n) is 6.45. The smallest absolute Gasteiger partial charge is 0.303 e. The maximum absolute atomic E-state index is 11.0. The second-order valence-corrected chi connectivity index (χ2v) is 10.3. The molecule has 2 aromatic carbocycles. The minimum atomic E-state index is -0.847. The van der Waals surface area contributed by atoms with Crippen molar-refractivity contribution < 1.29 is 19.7 Å². The molecule has 0 spiro atoms. The molecule has 0 aromatic heterocycles. The summed E-state index contributed by atoms with van der Waals surface area (Å²) >= 11 is 6.39. The normalized spacial score (nSPS) is 15.9. The number of halogens is 1. The summed E-state index contributed by atoms with van der Waals surface area (Å²) < 4.78 is 5.94. The van der Waals surface area contributed by atoms with Crippen molar-refractivity contribution in [1.29, 1.82) is 0 Å². The first-order chi connectivity index (χ1) is 15.6. The Bertz CT molecular complexity index is 920. The zero-order valence-corrected chi connectivity index (χ0v) is 20.6. The van der Waals surface area contributed by atoms with E-state index in [0.717, 1.165) is 30.4 Å². The van der Waals surface area contributed by atoms with Crippen LogP contribution in [0.5, 0.6) is 0 Å². The Kier molecular flexibility index (Phi) is 8.94. The fourth-order valence-electron chi connectivity index (χ4n) is 4.88. The number of carbonyl (C=O) groups is 1. The van der Waals surface area contributed by atoms with Crippen molar-refractivity contribution in [2.24, 2.45) is 5.92 Å². The summed E-state index contributed by atoms with van der Waals surface area (Å²) in [7, 11) is 0. The molecule has 2 atom stereocenters. The van der Waals surface area contributed by atoms with Crippen LogP contribution in [0.4, 0.5) is 0 Å². The third-order valence-corrected chi connectivity index (χ3v) is 6.78. The molecule has 0 heterocycles. The molecule has 0 fully saturated rings. The molecule has 0 aliphatic heterocycles. The van der Waals surface area contributed by atoms with Crippen molar-refractivity contribution in [1.82, 2.24) is 5.32 Å². The van der Waals surface area contributed by atoms with E-state index >= 15 is 0 Å². The van der Waals surface area contributed by atoms with Crippen LogP contribution in [-0.4, -0.2) is 41.0 Å². The van der Waals surface area contributed by atoms with Gasteiger partial charge in [-0.15, -0.1) is 0 Å². The molecule has 33 heavy (non-hydrogen) atoms. The van der Waals surface area contributed by atoms with Gasteiger partial charge in [-0.2, -0.15) is 0 Å². The Hall–Kier alpha value is -1.92. The van der Waals surface area contributed by atoms with Crippen LogP contribution in [0.3, 0.4) is 0 Å². The van der Waals surface area contributed by atoms with Crippen LogP contribution in [0.25, 0.3) is 0 Å². The number of aryl methyl sites for hydroxylation is 1. The van der Waals surface area contributed by atoms with Crippen LogP contribution in [0.15, 0.2) is 42.5 Å². The SMILES string of the molecule is CC(OC[C@H](O)CNC(C)(C)CC1Cc2ccccc2C1)c1c(Cl)cccc1CCC(=O)O. The minimum absolute atomic E-state index is 0.0355. The molecule has 2 aromatic rings. The highest BCUT2D eigenvalue weighted by molar-refractivity contribution is 6.31. The average molecular weight is 474 g/mol. The number of hydrogen-bond donors (Lipinski definition) is 3. The van der Waals surface area contributed by atoms with Gasteiger partial charge in [-0.3, -0.25) is 4.79 Å². The number of hydrogen-bond acceptors (Lipinski definition) is 4. The third kappa shape index (κ3) is 7.54. The van der Waals surface area contributed by atoms with Crippen molar-refractivity contribution >= 4 is 17.6 Å². The highest BCUT2D eigenvalue weighted by Crippen LogP contribution is 2.32. The van der Waals surface area contributed by atoms with E-state index in [-0.39, 0.29) is 24.7 Å². The summed E-state index contributed by atoms with van der Waals surface area (Å²) in [5, 5.41) is 23.6. The topological polar surface area (TPSA) is 78.8 Å². The molecule has 0 saturated heterocycles. The lowest BCUT2D eigenvalue weighted by atomic mass is 9.88. The van der Waals surface area contributed by atoms with Crippen LogP contribution >= 0.6 is 11.6 Å². The van der Waals surface area contributed by atoms with Crippen molar-refractivity contribution in [3.63, 3.8) is 0 Å². The van der Waals surface area contributed by atoms with Crippen LogP contribution in [0.1, 0.15) is 62.0 Å². The first-order valence-electron chi connectivity index (χ1n) is 11.7. The van der Waals surface area contributed by atoms with Crippen LogP contribution in [-0.2, 0) is 28.8 Å². The Labute approximate surface area is 202 Å². The molecule has 6 heteroatoms.